The number of thiazole rings is 1. The second-order valence-corrected chi connectivity index (χ2v) is 33.8. The SMILES string of the molecule is COC1/C=C/C(C)CCC(O)CC(O)CCCC(O)CCCCC(C)C(OS(=O)(=O)O)C(NC(=O)/C(C)=C/C(C)C(O)CC(O)CC(O)CCCC(O)CC(O)CC(O)CC2OC(c3csc(CCCCCCCC[C@@H](C)N)n3)CCC2C)C(C)OC(=O)c2coc(n2)CCCC(O)CC(O)CCCC(O)C1. The lowest BCUT2D eigenvalue weighted by atomic mass is 9.88. The zero-order valence-electron chi connectivity index (χ0n) is 65.4. The second-order valence-electron chi connectivity index (χ2n) is 31.8. The Kier molecular flexibility index (Phi) is 46.6. The number of nitrogens with one attached hydrogen (secondary N) is 1. The summed E-state index contributed by atoms with van der Waals surface area (Å²) in [5.74, 6) is -2.94. The fraction of sp³-hybridized carbons (Fsp3) is 0.848. The third-order valence-electron chi connectivity index (χ3n) is 21.3. The quantitative estimate of drug-likeness (QED) is 0.0110. The Labute approximate surface area is 642 Å². The van der Waals surface area contributed by atoms with Crippen LogP contribution >= 0.6 is 11.3 Å². The highest BCUT2D eigenvalue weighted by Gasteiger charge is 2.40. The van der Waals surface area contributed by atoms with Crippen LogP contribution in [0.5, 0.6) is 0 Å². The second kappa shape index (κ2) is 52.0. The first-order valence-corrected chi connectivity index (χ1v) is 42.4. The summed E-state index contributed by atoms with van der Waals surface area (Å²) in [6.07, 6.45) is 10.1. The molecular formula is C79H140N4O22S2. The minimum atomic E-state index is -5.24. The molecule has 2 aliphatic heterocycles. The van der Waals surface area contributed by atoms with Gasteiger partial charge in [-0.1, -0.05) is 90.9 Å². The number of esters is 1. The number of amides is 1. The average molecular weight is 1560 g/mol. The Morgan fingerprint density at radius 2 is 1.23 bits per heavy atom. The lowest BCUT2D eigenvalue weighted by Crippen LogP contribution is -2.55. The Bertz CT molecular complexity index is 2890. The molecule has 620 valence electrons. The molecule has 0 saturated carbocycles. The molecular weight excluding hydrogens is 1420 g/mol. The van der Waals surface area contributed by atoms with Crippen LogP contribution in [0.4, 0.5) is 0 Å². The molecule has 107 heavy (non-hydrogen) atoms. The van der Waals surface area contributed by atoms with E-state index in [9.17, 15) is 83.8 Å². The first-order chi connectivity index (χ1) is 50.7. The number of ether oxygens (including phenoxy) is 3. The number of unbranched alkanes of at least 4 members (excludes halogenated alkanes) is 5. The Morgan fingerprint density at radius 1 is 0.664 bits per heavy atom. The zero-order valence-corrected chi connectivity index (χ0v) is 67.0. The number of aliphatic hydroxyl groups is 12. The van der Waals surface area contributed by atoms with Gasteiger partial charge in [-0.25, -0.2) is 18.9 Å². The lowest BCUT2D eigenvalue weighted by molar-refractivity contribution is -0.120. The molecule has 0 aliphatic carbocycles. The summed E-state index contributed by atoms with van der Waals surface area (Å²) >= 11 is 1.67. The zero-order chi connectivity index (χ0) is 79.2. The molecule has 23 atom stereocenters. The van der Waals surface area contributed by atoms with Gasteiger partial charge in [0.1, 0.15) is 24.6 Å². The highest BCUT2D eigenvalue weighted by atomic mass is 32.3. The molecule has 1 saturated heterocycles. The molecule has 2 aromatic rings. The van der Waals surface area contributed by atoms with Crippen LogP contribution in [0.3, 0.4) is 0 Å². The summed E-state index contributed by atoms with van der Waals surface area (Å²) in [5.41, 5.74) is 6.57. The van der Waals surface area contributed by atoms with Gasteiger partial charge in [-0.15, -0.1) is 11.3 Å². The van der Waals surface area contributed by atoms with E-state index < -0.39 is 126 Å². The van der Waals surface area contributed by atoms with Gasteiger partial charge in [0.25, 0.3) is 0 Å². The predicted octanol–water partition coefficient (Wildman–Crippen LogP) is 9.59. The lowest BCUT2D eigenvalue weighted by Gasteiger charge is -2.35. The molecule has 22 unspecified atom stereocenters. The fourth-order valence-corrected chi connectivity index (χ4v) is 16.1. The topological polar surface area (TPSA) is 445 Å². The van der Waals surface area contributed by atoms with Crippen molar-refractivity contribution in [2.75, 3.05) is 7.11 Å². The predicted molar refractivity (Wildman–Crippen MR) is 410 cm³/mol. The van der Waals surface area contributed by atoms with Crippen LogP contribution in [0.25, 0.3) is 0 Å². The van der Waals surface area contributed by atoms with Crippen LogP contribution in [-0.2, 0) is 46.4 Å². The van der Waals surface area contributed by atoms with Crippen molar-refractivity contribution in [3.8, 4) is 0 Å². The molecule has 1 fully saturated rings. The van der Waals surface area contributed by atoms with Crippen molar-refractivity contribution >= 4 is 33.6 Å². The number of hydrogen-bond acceptors (Lipinski definition) is 25. The molecule has 2 bridgehead atoms. The number of nitrogens with two attached hydrogens (primary N) is 1. The third-order valence-corrected chi connectivity index (χ3v) is 22.7. The largest absolute Gasteiger partial charge is 0.456 e. The van der Waals surface area contributed by atoms with E-state index in [-0.39, 0.29) is 124 Å². The van der Waals surface area contributed by atoms with Crippen molar-refractivity contribution in [1.29, 1.82) is 0 Å². The average Bonchev–Trinajstić information content (AvgIpc) is 1.73. The molecule has 16 N–H and O–H groups in total. The van der Waals surface area contributed by atoms with Gasteiger partial charge in [0.15, 0.2) is 11.6 Å². The number of nitrogens with zero attached hydrogens (tertiary/aromatic N) is 2. The number of fused-ring (bicyclic) bond motifs is 2. The maximum Gasteiger partial charge on any atom is 0.397 e. The number of hydrogen-bond donors (Lipinski definition) is 15. The van der Waals surface area contributed by atoms with E-state index in [1.54, 1.807) is 32.3 Å². The third kappa shape index (κ3) is 41.2. The molecule has 4 heterocycles. The standard InChI is InChI=1S/C79H140N4O22S2/c1-50-33-36-64(91)41-59(86)25-17-24-57(84)23-16-15-21-52(3)77(105-107(98,99)100)76(56(7)103-79(97)69-48-102-74(81-69)31-20-30-60(87)40-58(85)26-19-29-63(90)45-68(101-8)37-34-50)83-78(96)54(5)39-53(4)71(95)46-66(93)43-62(89)28-18-27-61(88)42-65(92)44-67(94)47-73-51(2)35-38-72(104-73)70-49-106-75(82-70)32-14-12-10-9-11-13-22-55(6)80/h34,37,39,48-53,55-68,71-73,76-77,84-95H,9-33,35-36,38,40-47,80H2,1-8H3,(H,83,96)(H,98,99,100)/b37-34+,54-39+/t50?,51?,52?,53?,55-,56?,57?,58?,59?,60?,61?,62?,63?,64?,65?,66?,67?,68?,71?,72?,73?,76?,77?/m1/s1. The maximum absolute atomic E-state index is 14.2. The fourth-order valence-electron chi connectivity index (χ4n) is 14.6. The number of carbonyl (C=O) groups is 2. The maximum atomic E-state index is 14.2. The van der Waals surface area contributed by atoms with Crippen molar-refractivity contribution in [2.24, 2.45) is 29.4 Å². The highest BCUT2D eigenvalue weighted by molar-refractivity contribution is 7.80. The number of cyclic esters (lactones) is 1. The van der Waals surface area contributed by atoms with Crippen LogP contribution in [0, 0.1) is 23.7 Å². The van der Waals surface area contributed by atoms with Gasteiger partial charge in [0, 0.05) is 42.9 Å². The van der Waals surface area contributed by atoms with Crippen LogP contribution in [0.15, 0.2) is 39.9 Å². The number of aryl methyl sites for hydroxylation is 2. The van der Waals surface area contributed by atoms with Gasteiger partial charge in [-0.2, -0.15) is 8.42 Å². The van der Waals surface area contributed by atoms with E-state index in [0.29, 0.717) is 96.3 Å². The number of rotatable bonds is 31. The summed E-state index contributed by atoms with van der Waals surface area (Å²) in [6, 6.07) is -1.21. The van der Waals surface area contributed by atoms with E-state index in [2.05, 4.69) is 29.5 Å². The van der Waals surface area contributed by atoms with E-state index in [4.69, 9.17) is 33.5 Å². The summed E-state index contributed by atoms with van der Waals surface area (Å²) < 4.78 is 64.3. The number of carbonyl (C=O) groups excluding carboxylic acids is 2. The van der Waals surface area contributed by atoms with Crippen LogP contribution in [-0.4, -0.2) is 213 Å². The molecule has 0 aromatic carbocycles. The minimum absolute atomic E-state index is 0.0190. The normalized spacial score (nSPS) is 30.0. The summed E-state index contributed by atoms with van der Waals surface area (Å²) in [5, 5.41) is 137. The van der Waals surface area contributed by atoms with Crippen LogP contribution < -0.4 is 11.1 Å². The smallest absolute Gasteiger partial charge is 0.397 e. The van der Waals surface area contributed by atoms with Gasteiger partial charge in [-0.05, 0) is 212 Å². The van der Waals surface area contributed by atoms with E-state index in [1.807, 2.05) is 19.1 Å². The molecule has 28 heteroatoms. The van der Waals surface area contributed by atoms with E-state index >= 15 is 0 Å². The summed E-state index contributed by atoms with van der Waals surface area (Å²) in [7, 11) is -3.68. The number of aliphatic hydroxyl groups excluding tert-OH is 12. The molecule has 0 spiro atoms. The number of aromatic nitrogens is 2. The Hall–Kier alpha value is -3.47. The van der Waals surface area contributed by atoms with Crippen molar-refractivity contribution in [3.63, 3.8) is 0 Å². The van der Waals surface area contributed by atoms with Crippen molar-refractivity contribution in [2.45, 2.75) is 395 Å². The first kappa shape index (κ1) is 95.9. The molecule has 0 radical (unpaired) electrons. The van der Waals surface area contributed by atoms with Gasteiger partial charge < -0.3 is 91.0 Å². The monoisotopic (exact) mass is 1560 g/mol. The summed E-state index contributed by atoms with van der Waals surface area (Å²) in [4.78, 5) is 37.2. The van der Waals surface area contributed by atoms with Crippen molar-refractivity contribution < 1.29 is 107 Å². The van der Waals surface area contributed by atoms with E-state index in [1.165, 1.54) is 52.0 Å². The Morgan fingerprint density at radius 3 is 1.87 bits per heavy atom. The van der Waals surface area contributed by atoms with Crippen molar-refractivity contribution in [3.05, 3.63) is 57.7 Å². The molecule has 2 aromatic heterocycles. The van der Waals surface area contributed by atoms with Gasteiger partial charge >= 0.3 is 16.4 Å². The number of methoxy groups -OCH3 is 1. The molecule has 2 aliphatic rings. The molecule has 4 rings (SSSR count). The van der Waals surface area contributed by atoms with Crippen LogP contribution in [0.1, 0.15) is 300 Å². The Balaban J connectivity index is 1.32. The minimum Gasteiger partial charge on any atom is -0.456 e. The van der Waals surface area contributed by atoms with E-state index in [0.717, 1.165) is 49.1 Å². The summed E-state index contributed by atoms with van der Waals surface area (Å²) in [6.45, 7) is 12.2. The highest BCUT2D eigenvalue weighted by Crippen LogP contribution is 2.38. The first-order valence-electron chi connectivity index (χ1n) is 40.2. The number of allylic oxidation sites excluding steroid dienone is 1. The van der Waals surface area contributed by atoms with Crippen LogP contribution in [0.2, 0.25) is 0 Å². The number of oxazole rings is 1. The van der Waals surface area contributed by atoms with Gasteiger partial charge in [0.05, 0.1) is 102 Å². The molecule has 1 amide bonds. The van der Waals surface area contributed by atoms with Gasteiger partial charge in [0.2, 0.25) is 5.91 Å². The van der Waals surface area contributed by atoms with Gasteiger partial charge in [-0.3, -0.25) is 9.35 Å². The molecule has 26 nitrogen and oxygen atoms in total. The van der Waals surface area contributed by atoms with Crippen molar-refractivity contribution in [1.82, 2.24) is 15.3 Å².